The largest absolute Gasteiger partial charge is 0.494 e. The van der Waals surface area contributed by atoms with E-state index < -0.39 is 0 Å². The summed E-state index contributed by atoms with van der Waals surface area (Å²) >= 11 is 1.73. The molecule has 2 saturated heterocycles. The lowest BCUT2D eigenvalue weighted by Gasteiger charge is -2.37. The second-order valence-corrected chi connectivity index (χ2v) is 9.59. The van der Waals surface area contributed by atoms with E-state index >= 15 is 0 Å². The van der Waals surface area contributed by atoms with Crippen molar-refractivity contribution in [2.45, 2.75) is 25.0 Å². The number of piperidine rings is 1. The lowest BCUT2D eigenvalue weighted by atomic mass is 10.0. The zero-order valence-corrected chi connectivity index (χ0v) is 21.3. The molecule has 2 aliphatic heterocycles. The molecule has 2 aliphatic rings. The van der Waals surface area contributed by atoms with Crippen LogP contribution in [0.2, 0.25) is 0 Å². The van der Waals surface area contributed by atoms with Gasteiger partial charge in [0.1, 0.15) is 11.9 Å². The molecule has 0 aliphatic carbocycles. The fourth-order valence-electron chi connectivity index (χ4n) is 4.33. The van der Waals surface area contributed by atoms with Crippen molar-refractivity contribution < 1.29 is 9.47 Å². The summed E-state index contributed by atoms with van der Waals surface area (Å²) in [6.07, 6.45) is 7.88. The molecule has 10 heteroatoms. The molecular weight excluding hydrogens is 450 g/mol. The molecule has 1 aromatic heterocycles. The van der Waals surface area contributed by atoms with Gasteiger partial charge in [-0.3, -0.25) is 0 Å². The first kappa shape index (κ1) is 24.4. The van der Waals surface area contributed by atoms with Crippen LogP contribution in [0.4, 0.5) is 23.0 Å². The van der Waals surface area contributed by atoms with Gasteiger partial charge >= 0.3 is 0 Å². The molecule has 9 nitrogen and oxygen atoms in total. The third-order valence-corrected chi connectivity index (χ3v) is 7.16. The third kappa shape index (κ3) is 5.68. The van der Waals surface area contributed by atoms with Crippen molar-refractivity contribution in [3.05, 3.63) is 37.2 Å². The average Bonchev–Trinajstić information content (AvgIpc) is 2.82. The van der Waals surface area contributed by atoms with E-state index in [9.17, 15) is 0 Å². The van der Waals surface area contributed by atoms with E-state index in [0.29, 0.717) is 17.9 Å². The van der Waals surface area contributed by atoms with Crippen LogP contribution in [-0.4, -0.2) is 85.0 Å². The van der Waals surface area contributed by atoms with Gasteiger partial charge in [0.15, 0.2) is 0 Å². The number of nitrogens with one attached hydrogen (secondary N) is 2. The minimum absolute atomic E-state index is 0.157. The highest BCUT2D eigenvalue weighted by molar-refractivity contribution is 7.96. The Balaban J connectivity index is 1.51. The smallest absolute Gasteiger partial charge is 0.230 e. The van der Waals surface area contributed by atoms with E-state index in [0.717, 1.165) is 61.8 Å². The zero-order valence-electron chi connectivity index (χ0n) is 20.5. The summed E-state index contributed by atoms with van der Waals surface area (Å²) in [5.41, 5.74) is 2.83. The number of nitrogens with zero attached hydrogens (tertiary/aromatic N) is 5. The van der Waals surface area contributed by atoms with Crippen LogP contribution in [0.15, 0.2) is 37.2 Å². The molecule has 2 N–H and O–H groups in total. The number of rotatable bonds is 10. The number of anilines is 4. The summed E-state index contributed by atoms with van der Waals surface area (Å²) in [5, 5.41) is 6.59. The first-order valence-electron chi connectivity index (χ1n) is 11.6. The highest BCUT2D eigenvalue weighted by Gasteiger charge is 2.28. The highest BCUT2D eigenvalue weighted by atomic mass is 32.2. The summed E-state index contributed by atoms with van der Waals surface area (Å²) in [4.78, 5) is 13.6. The van der Waals surface area contributed by atoms with E-state index in [4.69, 9.17) is 9.47 Å². The highest BCUT2D eigenvalue weighted by Crippen LogP contribution is 2.39. The Bertz CT molecular complexity index is 976. The molecule has 2 aromatic rings. The van der Waals surface area contributed by atoms with Gasteiger partial charge in [0, 0.05) is 50.6 Å². The van der Waals surface area contributed by atoms with Gasteiger partial charge in [-0.05, 0) is 45.5 Å². The molecule has 0 atom stereocenters. The number of aromatic nitrogens is 2. The van der Waals surface area contributed by atoms with Gasteiger partial charge in [-0.15, -0.1) is 0 Å². The Labute approximate surface area is 206 Å². The van der Waals surface area contributed by atoms with Crippen molar-refractivity contribution in [1.29, 1.82) is 0 Å². The fraction of sp³-hybridized carbons (Fsp3) is 0.500. The van der Waals surface area contributed by atoms with Crippen molar-refractivity contribution in [2.24, 2.45) is 0 Å². The van der Waals surface area contributed by atoms with Crippen molar-refractivity contribution in [1.82, 2.24) is 19.2 Å². The van der Waals surface area contributed by atoms with Crippen LogP contribution < -0.4 is 25.0 Å². The Morgan fingerprint density at radius 3 is 2.62 bits per heavy atom. The number of methoxy groups -OCH3 is 1. The average molecular weight is 486 g/mol. The second-order valence-electron chi connectivity index (χ2n) is 8.71. The quantitative estimate of drug-likeness (QED) is 0.487. The molecular formula is C24H35N7O2S. The van der Waals surface area contributed by atoms with E-state index in [1.54, 1.807) is 37.5 Å². The summed E-state index contributed by atoms with van der Waals surface area (Å²) in [6.45, 7) is 7.63. The maximum absolute atomic E-state index is 5.99. The van der Waals surface area contributed by atoms with Crippen LogP contribution in [-0.2, 0) is 0 Å². The third-order valence-electron chi connectivity index (χ3n) is 6.35. The molecule has 34 heavy (non-hydrogen) atoms. The molecule has 2 fully saturated rings. The maximum Gasteiger partial charge on any atom is 0.230 e. The van der Waals surface area contributed by atoms with Crippen LogP contribution in [0.25, 0.3) is 0 Å². The van der Waals surface area contributed by atoms with Crippen LogP contribution in [0.3, 0.4) is 0 Å². The zero-order chi connectivity index (χ0) is 24.1. The molecule has 0 unspecified atom stereocenters. The molecule has 0 radical (unpaired) electrons. The monoisotopic (exact) mass is 485 g/mol. The van der Waals surface area contributed by atoms with Gasteiger partial charge in [0.05, 0.1) is 24.2 Å². The van der Waals surface area contributed by atoms with Crippen molar-refractivity contribution >= 4 is 35.0 Å². The van der Waals surface area contributed by atoms with Crippen LogP contribution in [0.1, 0.15) is 12.8 Å². The maximum atomic E-state index is 5.99. The Morgan fingerprint density at radius 2 is 1.97 bits per heavy atom. The number of hydrogen-bond acceptors (Lipinski definition) is 10. The predicted molar refractivity (Wildman–Crippen MR) is 141 cm³/mol. The SMILES string of the molecule is C=CNc1cc(Nc2nccc(OC3CN(SC)C3)n2)c(OC)cc1N1CCC(N(C)C)CC1. The molecule has 1 aromatic carbocycles. The number of benzene rings is 1. The Kier molecular flexibility index (Phi) is 8.02. The van der Waals surface area contributed by atoms with Gasteiger partial charge in [0.2, 0.25) is 11.8 Å². The molecule has 0 spiro atoms. The molecule has 4 rings (SSSR count). The van der Waals surface area contributed by atoms with Crippen molar-refractivity contribution in [2.75, 3.05) is 69.2 Å². The summed E-state index contributed by atoms with van der Waals surface area (Å²) in [6, 6.07) is 6.49. The summed E-state index contributed by atoms with van der Waals surface area (Å²) in [5.74, 6) is 1.75. The summed E-state index contributed by atoms with van der Waals surface area (Å²) < 4.78 is 14.0. The Hall–Kier alpha value is -2.69. The lowest BCUT2D eigenvalue weighted by Crippen LogP contribution is -2.49. The predicted octanol–water partition coefficient (Wildman–Crippen LogP) is 3.66. The van der Waals surface area contributed by atoms with Crippen molar-refractivity contribution in [3.8, 4) is 11.6 Å². The van der Waals surface area contributed by atoms with Crippen LogP contribution >= 0.6 is 11.9 Å². The minimum Gasteiger partial charge on any atom is -0.494 e. The second kappa shape index (κ2) is 11.2. The lowest BCUT2D eigenvalue weighted by molar-refractivity contribution is 0.0797. The van der Waals surface area contributed by atoms with Gasteiger partial charge < -0.3 is 29.9 Å². The molecule has 3 heterocycles. The fourth-order valence-corrected chi connectivity index (χ4v) is 4.96. The molecule has 0 amide bonds. The first-order valence-corrected chi connectivity index (χ1v) is 12.8. The van der Waals surface area contributed by atoms with Crippen LogP contribution in [0.5, 0.6) is 11.6 Å². The first-order chi connectivity index (χ1) is 16.5. The molecule has 184 valence electrons. The van der Waals surface area contributed by atoms with Crippen LogP contribution in [0, 0.1) is 0 Å². The normalized spacial score (nSPS) is 17.4. The van der Waals surface area contributed by atoms with Gasteiger partial charge in [-0.25, -0.2) is 9.29 Å². The van der Waals surface area contributed by atoms with E-state index in [-0.39, 0.29) is 6.10 Å². The van der Waals surface area contributed by atoms with Gasteiger partial charge in [-0.2, -0.15) is 4.98 Å². The standard InChI is InChI=1S/C24H35N7O2S/c1-6-25-19-13-20(22(32-4)14-21(19)30-11-8-17(9-12-30)29(2)3)27-24-26-10-7-23(28-24)33-18-15-31(16-18)34-5/h6-7,10,13-14,17-18,25H,1,8-9,11-12,15-16H2,2-5H3,(H,26,27,28). The Morgan fingerprint density at radius 1 is 1.21 bits per heavy atom. The van der Waals surface area contributed by atoms with E-state index in [2.05, 4.69) is 67.7 Å². The van der Waals surface area contributed by atoms with Gasteiger partial charge in [-0.1, -0.05) is 18.5 Å². The van der Waals surface area contributed by atoms with E-state index in [1.807, 2.05) is 6.07 Å². The topological polar surface area (TPSA) is 78.0 Å². The van der Waals surface area contributed by atoms with E-state index in [1.165, 1.54) is 0 Å². The van der Waals surface area contributed by atoms with Crippen molar-refractivity contribution in [3.63, 3.8) is 0 Å². The van der Waals surface area contributed by atoms with Gasteiger partial charge in [0.25, 0.3) is 0 Å². The number of hydrogen-bond donors (Lipinski definition) is 2. The molecule has 0 bridgehead atoms. The number of ether oxygens (including phenoxy) is 2. The minimum atomic E-state index is 0.157. The summed E-state index contributed by atoms with van der Waals surface area (Å²) in [7, 11) is 5.99. The molecule has 0 saturated carbocycles.